The summed E-state index contributed by atoms with van der Waals surface area (Å²) in [4.78, 5) is 14.5. The number of nitrogens with zero attached hydrogens (tertiary/aromatic N) is 1. The van der Waals surface area contributed by atoms with Crippen LogP contribution in [-0.4, -0.2) is 23.5 Å². The molecule has 2 aromatic carbocycles. The van der Waals surface area contributed by atoms with E-state index in [2.05, 4.69) is 15.9 Å². The lowest BCUT2D eigenvalue weighted by Gasteiger charge is -2.23. The monoisotopic (exact) mass is 391 g/mol. The van der Waals surface area contributed by atoms with Crippen LogP contribution in [0, 0.1) is 5.82 Å². The summed E-state index contributed by atoms with van der Waals surface area (Å²) in [5.74, 6) is 0.376. The molecule has 0 aromatic heterocycles. The fourth-order valence-corrected chi connectivity index (χ4v) is 3.02. The third kappa shape index (κ3) is 4.81. The first-order valence-corrected chi connectivity index (χ1v) is 8.83. The van der Waals surface area contributed by atoms with E-state index in [1.54, 1.807) is 12.1 Å². The minimum absolute atomic E-state index is 0.0968. The molecule has 126 valence electrons. The van der Waals surface area contributed by atoms with E-state index in [1.807, 2.05) is 29.2 Å². The van der Waals surface area contributed by atoms with Gasteiger partial charge < -0.3 is 9.64 Å². The molecule has 1 amide bonds. The van der Waals surface area contributed by atoms with Gasteiger partial charge >= 0.3 is 0 Å². The summed E-state index contributed by atoms with van der Waals surface area (Å²) < 4.78 is 19.4. The SMILES string of the molecule is O=C(CCOc1ccc(F)cc1)N(Cc1cccc(Br)c1)C1CC1. The van der Waals surface area contributed by atoms with Crippen LogP contribution in [0.5, 0.6) is 5.75 Å². The van der Waals surface area contributed by atoms with E-state index in [0.29, 0.717) is 31.4 Å². The van der Waals surface area contributed by atoms with E-state index in [0.717, 1.165) is 22.9 Å². The number of hydrogen-bond acceptors (Lipinski definition) is 2. The van der Waals surface area contributed by atoms with Gasteiger partial charge in [0.1, 0.15) is 11.6 Å². The number of halogens is 2. The van der Waals surface area contributed by atoms with Crippen LogP contribution in [0.1, 0.15) is 24.8 Å². The van der Waals surface area contributed by atoms with Crippen LogP contribution in [0.2, 0.25) is 0 Å². The minimum atomic E-state index is -0.299. The van der Waals surface area contributed by atoms with Crippen LogP contribution >= 0.6 is 15.9 Å². The number of carbonyl (C=O) groups excluding carboxylic acids is 1. The van der Waals surface area contributed by atoms with Gasteiger partial charge in [-0.1, -0.05) is 28.1 Å². The number of benzene rings is 2. The smallest absolute Gasteiger partial charge is 0.226 e. The first kappa shape index (κ1) is 17.0. The standard InChI is InChI=1S/C19H19BrFNO2/c20-15-3-1-2-14(12-15)13-22(17-6-7-17)19(23)10-11-24-18-8-4-16(21)5-9-18/h1-5,8-9,12,17H,6-7,10-11,13H2. The Morgan fingerprint density at radius 2 is 1.96 bits per heavy atom. The Morgan fingerprint density at radius 1 is 1.21 bits per heavy atom. The predicted octanol–water partition coefficient (Wildman–Crippen LogP) is 4.55. The first-order valence-electron chi connectivity index (χ1n) is 8.04. The van der Waals surface area contributed by atoms with Crippen molar-refractivity contribution in [3.63, 3.8) is 0 Å². The average Bonchev–Trinajstić information content (AvgIpc) is 3.39. The van der Waals surface area contributed by atoms with E-state index in [4.69, 9.17) is 4.74 Å². The summed E-state index contributed by atoms with van der Waals surface area (Å²) in [5, 5.41) is 0. The number of rotatable bonds is 7. The van der Waals surface area contributed by atoms with Crippen molar-refractivity contribution >= 4 is 21.8 Å². The van der Waals surface area contributed by atoms with E-state index in [-0.39, 0.29) is 11.7 Å². The van der Waals surface area contributed by atoms with Crippen molar-refractivity contribution in [2.45, 2.75) is 31.8 Å². The van der Waals surface area contributed by atoms with Gasteiger partial charge in [0.15, 0.2) is 0 Å². The normalized spacial score (nSPS) is 13.6. The van der Waals surface area contributed by atoms with Crippen LogP contribution in [0.3, 0.4) is 0 Å². The van der Waals surface area contributed by atoms with Gasteiger partial charge in [0.2, 0.25) is 5.91 Å². The average molecular weight is 392 g/mol. The van der Waals surface area contributed by atoms with Gasteiger partial charge in [-0.3, -0.25) is 4.79 Å². The number of amides is 1. The molecule has 2 aromatic rings. The van der Waals surface area contributed by atoms with E-state index in [9.17, 15) is 9.18 Å². The summed E-state index contributed by atoms with van der Waals surface area (Å²) in [7, 11) is 0. The molecule has 0 N–H and O–H groups in total. The number of ether oxygens (including phenoxy) is 1. The largest absolute Gasteiger partial charge is 0.493 e. The van der Waals surface area contributed by atoms with Crippen molar-refractivity contribution in [2.75, 3.05) is 6.61 Å². The Labute approximate surface area is 149 Å². The lowest BCUT2D eigenvalue weighted by atomic mass is 10.2. The van der Waals surface area contributed by atoms with Crippen LogP contribution in [-0.2, 0) is 11.3 Å². The van der Waals surface area contributed by atoms with Crippen LogP contribution in [0.4, 0.5) is 4.39 Å². The van der Waals surface area contributed by atoms with Gasteiger partial charge in [-0.2, -0.15) is 0 Å². The molecule has 0 spiro atoms. The van der Waals surface area contributed by atoms with Crippen molar-refractivity contribution in [1.82, 2.24) is 4.90 Å². The Morgan fingerprint density at radius 3 is 2.62 bits per heavy atom. The first-order chi connectivity index (χ1) is 11.6. The molecular weight excluding hydrogens is 373 g/mol. The molecule has 1 fully saturated rings. The molecule has 0 bridgehead atoms. The third-order valence-corrected chi connectivity index (χ3v) is 4.44. The second-order valence-electron chi connectivity index (χ2n) is 5.94. The molecular formula is C19H19BrFNO2. The molecule has 5 heteroatoms. The Bertz CT molecular complexity index is 701. The van der Waals surface area contributed by atoms with Crippen LogP contribution in [0.15, 0.2) is 53.0 Å². The molecule has 1 saturated carbocycles. The maximum atomic E-state index is 12.9. The highest BCUT2D eigenvalue weighted by Gasteiger charge is 2.32. The van der Waals surface area contributed by atoms with E-state index >= 15 is 0 Å². The van der Waals surface area contributed by atoms with Gasteiger partial charge in [-0.05, 0) is 54.8 Å². The second-order valence-corrected chi connectivity index (χ2v) is 6.85. The lowest BCUT2D eigenvalue weighted by molar-refractivity contribution is -0.132. The zero-order valence-electron chi connectivity index (χ0n) is 13.3. The molecule has 0 atom stereocenters. The molecule has 0 aliphatic heterocycles. The molecule has 3 nitrogen and oxygen atoms in total. The highest BCUT2D eigenvalue weighted by molar-refractivity contribution is 9.10. The summed E-state index contributed by atoms with van der Waals surface area (Å²) in [5.41, 5.74) is 1.11. The van der Waals surface area contributed by atoms with Crippen molar-refractivity contribution in [2.24, 2.45) is 0 Å². The highest BCUT2D eigenvalue weighted by Crippen LogP contribution is 2.29. The Balaban J connectivity index is 1.53. The van der Waals surface area contributed by atoms with Crippen molar-refractivity contribution in [3.05, 3.63) is 64.4 Å². The topological polar surface area (TPSA) is 29.5 Å². The van der Waals surface area contributed by atoms with Gasteiger partial charge in [0.25, 0.3) is 0 Å². The minimum Gasteiger partial charge on any atom is -0.493 e. The van der Waals surface area contributed by atoms with Crippen molar-refractivity contribution in [3.8, 4) is 5.75 Å². The molecule has 3 rings (SSSR count). The summed E-state index contributed by atoms with van der Waals surface area (Å²) in [6.45, 7) is 0.922. The maximum Gasteiger partial charge on any atom is 0.226 e. The lowest BCUT2D eigenvalue weighted by Crippen LogP contribution is -2.33. The van der Waals surface area contributed by atoms with Crippen molar-refractivity contribution < 1.29 is 13.9 Å². The van der Waals surface area contributed by atoms with Crippen LogP contribution < -0.4 is 4.74 Å². The van der Waals surface area contributed by atoms with Crippen LogP contribution in [0.25, 0.3) is 0 Å². The van der Waals surface area contributed by atoms with Gasteiger partial charge in [0.05, 0.1) is 13.0 Å². The zero-order valence-corrected chi connectivity index (χ0v) is 14.8. The Hall–Kier alpha value is -1.88. The maximum absolute atomic E-state index is 12.9. The van der Waals surface area contributed by atoms with Crippen molar-refractivity contribution in [1.29, 1.82) is 0 Å². The van der Waals surface area contributed by atoms with E-state index in [1.165, 1.54) is 12.1 Å². The quantitative estimate of drug-likeness (QED) is 0.692. The summed E-state index contributed by atoms with van der Waals surface area (Å²) in [6.07, 6.45) is 2.46. The zero-order chi connectivity index (χ0) is 16.9. The second kappa shape index (κ2) is 7.79. The van der Waals surface area contributed by atoms with Gasteiger partial charge in [-0.25, -0.2) is 4.39 Å². The summed E-state index contributed by atoms with van der Waals surface area (Å²) in [6, 6.07) is 14.2. The predicted molar refractivity (Wildman–Crippen MR) is 94.2 cm³/mol. The molecule has 0 saturated heterocycles. The third-order valence-electron chi connectivity index (χ3n) is 3.95. The van der Waals surface area contributed by atoms with Gasteiger partial charge in [0, 0.05) is 17.1 Å². The fourth-order valence-electron chi connectivity index (χ4n) is 2.57. The molecule has 1 aliphatic rings. The molecule has 0 unspecified atom stereocenters. The molecule has 0 radical (unpaired) electrons. The number of hydrogen-bond donors (Lipinski definition) is 0. The molecule has 24 heavy (non-hydrogen) atoms. The van der Waals surface area contributed by atoms with E-state index < -0.39 is 0 Å². The molecule has 1 aliphatic carbocycles. The molecule has 0 heterocycles. The number of carbonyl (C=O) groups is 1. The highest BCUT2D eigenvalue weighted by atomic mass is 79.9. The van der Waals surface area contributed by atoms with Gasteiger partial charge in [-0.15, -0.1) is 0 Å². The Kier molecular flexibility index (Phi) is 5.51. The summed E-state index contributed by atoms with van der Waals surface area (Å²) >= 11 is 3.46. The fraction of sp³-hybridized carbons (Fsp3) is 0.316.